The monoisotopic (exact) mass is 302 g/mol. The zero-order valence-electron chi connectivity index (χ0n) is 11.9. The summed E-state index contributed by atoms with van der Waals surface area (Å²) in [5, 5.41) is 5.01. The molecule has 0 spiro atoms. The first-order chi connectivity index (χ1) is 10.6. The van der Waals surface area contributed by atoms with E-state index >= 15 is 0 Å². The number of benzene rings is 2. The van der Waals surface area contributed by atoms with Crippen molar-refractivity contribution in [1.29, 1.82) is 0 Å². The minimum Gasteiger partial charge on any atom is -0.482 e. The largest absolute Gasteiger partial charge is 0.482 e. The molecule has 0 atom stereocenters. The SMILES string of the molecule is CC(=O)Nc1ccccc1OCC(=O)Nc1ccccc1F. The average molecular weight is 302 g/mol. The molecule has 2 amide bonds. The maximum Gasteiger partial charge on any atom is 0.262 e. The molecular formula is C16H15FN2O3. The standard InChI is InChI=1S/C16H15FN2O3/c1-11(20)18-14-8-4-5-9-15(14)22-10-16(21)19-13-7-3-2-6-12(13)17/h2-9H,10H2,1H3,(H,18,20)(H,19,21). The van der Waals surface area contributed by atoms with Gasteiger partial charge in [0.05, 0.1) is 11.4 Å². The van der Waals surface area contributed by atoms with Crippen LogP contribution < -0.4 is 15.4 Å². The maximum atomic E-state index is 13.4. The molecule has 5 nitrogen and oxygen atoms in total. The third-order valence-corrected chi connectivity index (χ3v) is 2.70. The van der Waals surface area contributed by atoms with Gasteiger partial charge in [0, 0.05) is 6.92 Å². The zero-order valence-corrected chi connectivity index (χ0v) is 11.9. The maximum absolute atomic E-state index is 13.4. The van der Waals surface area contributed by atoms with E-state index in [1.807, 2.05) is 0 Å². The zero-order chi connectivity index (χ0) is 15.9. The number of rotatable bonds is 5. The lowest BCUT2D eigenvalue weighted by Gasteiger charge is -2.11. The van der Waals surface area contributed by atoms with Gasteiger partial charge in [0.2, 0.25) is 5.91 Å². The van der Waals surface area contributed by atoms with Gasteiger partial charge in [0.1, 0.15) is 11.6 Å². The van der Waals surface area contributed by atoms with Gasteiger partial charge in [-0.15, -0.1) is 0 Å². The Balaban J connectivity index is 1.97. The van der Waals surface area contributed by atoms with Gasteiger partial charge in [-0.1, -0.05) is 24.3 Å². The summed E-state index contributed by atoms with van der Waals surface area (Å²) in [5.41, 5.74) is 0.555. The van der Waals surface area contributed by atoms with Crippen LogP contribution in [0.15, 0.2) is 48.5 Å². The molecule has 0 aliphatic heterocycles. The van der Waals surface area contributed by atoms with Crippen molar-refractivity contribution >= 4 is 23.2 Å². The van der Waals surface area contributed by atoms with Gasteiger partial charge in [-0.2, -0.15) is 0 Å². The summed E-state index contributed by atoms with van der Waals surface area (Å²) in [6.07, 6.45) is 0. The molecule has 2 N–H and O–H groups in total. The van der Waals surface area contributed by atoms with Crippen molar-refractivity contribution in [2.45, 2.75) is 6.92 Å². The van der Waals surface area contributed by atoms with Gasteiger partial charge in [-0.05, 0) is 24.3 Å². The Morgan fingerprint density at radius 1 is 1.00 bits per heavy atom. The summed E-state index contributed by atoms with van der Waals surface area (Å²) in [7, 11) is 0. The molecule has 0 aromatic heterocycles. The molecule has 0 saturated carbocycles. The highest BCUT2D eigenvalue weighted by atomic mass is 19.1. The Bertz CT molecular complexity index is 689. The van der Waals surface area contributed by atoms with Crippen LogP contribution in [0, 0.1) is 5.82 Å². The molecule has 2 rings (SSSR count). The second kappa shape index (κ2) is 7.21. The number of ether oxygens (including phenoxy) is 1. The van der Waals surface area contributed by atoms with E-state index in [4.69, 9.17) is 4.74 Å². The summed E-state index contributed by atoms with van der Waals surface area (Å²) in [6.45, 7) is 1.08. The minimum atomic E-state index is -0.519. The highest BCUT2D eigenvalue weighted by Crippen LogP contribution is 2.23. The lowest BCUT2D eigenvalue weighted by Crippen LogP contribution is -2.21. The van der Waals surface area contributed by atoms with Crippen molar-refractivity contribution in [3.63, 3.8) is 0 Å². The van der Waals surface area contributed by atoms with E-state index in [0.717, 1.165) is 0 Å². The molecule has 0 bridgehead atoms. The van der Waals surface area contributed by atoms with E-state index in [1.165, 1.54) is 25.1 Å². The van der Waals surface area contributed by atoms with Crippen LogP contribution in [0.3, 0.4) is 0 Å². The van der Waals surface area contributed by atoms with Crippen LogP contribution in [-0.2, 0) is 9.59 Å². The average Bonchev–Trinajstić information content (AvgIpc) is 2.48. The molecule has 2 aromatic carbocycles. The Labute approximate surface area is 127 Å². The number of halogens is 1. The van der Waals surface area contributed by atoms with Crippen LogP contribution in [0.1, 0.15) is 6.92 Å². The lowest BCUT2D eigenvalue weighted by atomic mass is 10.3. The normalized spacial score (nSPS) is 9.91. The van der Waals surface area contributed by atoms with E-state index in [-0.39, 0.29) is 18.2 Å². The van der Waals surface area contributed by atoms with Crippen LogP contribution in [0.4, 0.5) is 15.8 Å². The molecule has 0 unspecified atom stereocenters. The highest BCUT2D eigenvalue weighted by Gasteiger charge is 2.09. The van der Waals surface area contributed by atoms with Gasteiger partial charge in [0.25, 0.3) is 5.91 Å². The van der Waals surface area contributed by atoms with E-state index in [9.17, 15) is 14.0 Å². The molecule has 6 heteroatoms. The predicted molar refractivity (Wildman–Crippen MR) is 81.3 cm³/mol. The third-order valence-electron chi connectivity index (χ3n) is 2.70. The second-order valence-electron chi connectivity index (χ2n) is 4.49. The van der Waals surface area contributed by atoms with E-state index < -0.39 is 11.7 Å². The molecule has 0 saturated heterocycles. The van der Waals surface area contributed by atoms with Crippen LogP contribution in [-0.4, -0.2) is 18.4 Å². The van der Waals surface area contributed by atoms with Crippen molar-refractivity contribution in [1.82, 2.24) is 0 Å². The number of amides is 2. The van der Waals surface area contributed by atoms with Gasteiger partial charge >= 0.3 is 0 Å². The van der Waals surface area contributed by atoms with Crippen LogP contribution in [0.25, 0.3) is 0 Å². The number of para-hydroxylation sites is 3. The quantitative estimate of drug-likeness (QED) is 0.892. The molecule has 2 aromatic rings. The molecule has 22 heavy (non-hydrogen) atoms. The third kappa shape index (κ3) is 4.31. The summed E-state index contributed by atoms with van der Waals surface area (Å²) >= 11 is 0. The first-order valence-corrected chi connectivity index (χ1v) is 6.60. The van der Waals surface area contributed by atoms with Crippen molar-refractivity contribution in [2.24, 2.45) is 0 Å². The van der Waals surface area contributed by atoms with Gasteiger partial charge in [-0.3, -0.25) is 9.59 Å². The van der Waals surface area contributed by atoms with Crippen LogP contribution in [0.2, 0.25) is 0 Å². The molecule has 0 fully saturated rings. The number of hydrogen-bond acceptors (Lipinski definition) is 3. The van der Waals surface area contributed by atoms with Crippen molar-refractivity contribution in [3.8, 4) is 5.75 Å². The van der Waals surface area contributed by atoms with E-state index in [2.05, 4.69) is 10.6 Å². The molecule has 114 valence electrons. The fourth-order valence-electron chi connectivity index (χ4n) is 1.78. The number of carbonyl (C=O) groups is 2. The van der Waals surface area contributed by atoms with Crippen LogP contribution in [0.5, 0.6) is 5.75 Å². The van der Waals surface area contributed by atoms with Crippen molar-refractivity contribution < 1.29 is 18.7 Å². The highest BCUT2D eigenvalue weighted by molar-refractivity contribution is 5.92. The van der Waals surface area contributed by atoms with E-state index in [1.54, 1.807) is 30.3 Å². The summed E-state index contributed by atoms with van der Waals surface area (Å²) in [4.78, 5) is 22.9. The fraction of sp³-hybridized carbons (Fsp3) is 0.125. The minimum absolute atomic E-state index is 0.0891. The molecule has 0 heterocycles. The Morgan fingerprint density at radius 2 is 1.64 bits per heavy atom. The smallest absolute Gasteiger partial charge is 0.262 e. The molecule has 0 aliphatic carbocycles. The summed E-state index contributed by atoms with van der Waals surface area (Å²) in [5.74, 6) is -0.898. The number of nitrogens with one attached hydrogen (secondary N) is 2. The topological polar surface area (TPSA) is 67.4 Å². The predicted octanol–water partition coefficient (Wildman–Crippen LogP) is 2.80. The molecule has 0 radical (unpaired) electrons. The number of anilines is 2. The number of hydrogen-bond donors (Lipinski definition) is 2. The van der Waals surface area contributed by atoms with Crippen molar-refractivity contribution in [2.75, 3.05) is 17.2 Å². The van der Waals surface area contributed by atoms with Crippen LogP contribution >= 0.6 is 0 Å². The summed E-state index contributed by atoms with van der Waals surface area (Å²) < 4.78 is 18.8. The van der Waals surface area contributed by atoms with Gasteiger partial charge in [0.15, 0.2) is 6.61 Å². The Kier molecular flexibility index (Phi) is 5.08. The Morgan fingerprint density at radius 3 is 2.32 bits per heavy atom. The first kappa shape index (κ1) is 15.5. The molecular weight excluding hydrogens is 287 g/mol. The Hall–Kier alpha value is -2.89. The molecule has 0 aliphatic rings. The second-order valence-corrected chi connectivity index (χ2v) is 4.49. The van der Waals surface area contributed by atoms with E-state index in [0.29, 0.717) is 11.4 Å². The summed E-state index contributed by atoms with van der Waals surface area (Å²) in [6, 6.07) is 12.6. The van der Waals surface area contributed by atoms with Gasteiger partial charge < -0.3 is 15.4 Å². The first-order valence-electron chi connectivity index (χ1n) is 6.60. The van der Waals surface area contributed by atoms with Crippen molar-refractivity contribution in [3.05, 3.63) is 54.3 Å². The lowest BCUT2D eigenvalue weighted by molar-refractivity contribution is -0.118. The number of carbonyl (C=O) groups excluding carboxylic acids is 2. The fourth-order valence-corrected chi connectivity index (χ4v) is 1.78. The van der Waals surface area contributed by atoms with Gasteiger partial charge in [-0.25, -0.2) is 4.39 Å².